The van der Waals surface area contributed by atoms with Gasteiger partial charge in [-0.15, -0.1) is 24.8 Å². The van der Waals surface area contributed by atoms with Crippen molar-refractivity contribution < 1.29 is 9.53 Å². The van der Waals surface area contributed by atoms with Crippen LogP contribution in [0.15, 0.2) is 30.3 Å². The van der Waals surface area contributed by atoms with Crippen LogP contribution in [0, 0.1) is 5.92 Å². The third kappa shape index (κ3) is 7.20. The zero-order valence-electron chi connectivity index (χ0n) is 16.8. The van der Waals surface area contributed by atoms with Crippen molar-refractivity contribution in [2.75, 3.05) is 32.8 Å². The molecule has 0 bridgehead atoms. The van der Waals surface area contributed by atoms with Crippen LogP contribution in [0.3, 0.4) is 0 Å². The Morgan fingerprint density at radius 1 is 1.21 bits per heavy atom. The molecule has 3 rings (SSSR count). The normalized spacial score (nSPS) is 23.4. The quantitative estimate of drug-likeness (QED) is 0.720. The van der Waals surface area contributed by atoms with E-state index in [1.165, 1.54) is 5.56 Å². The molecule has 2 aliphatic rings. The van der Waals surface area contributed by atoms with Gasteiger partial charge < -0.3 is 15.4 Å². The molecule has 0 radical (unpaired) electrons. The number of nitrogens with zero attached hydrogens (tertiary/aromatic N) is 2. The fraction of sp³-hybridized carbons (Fsp3) is 0.667. The van der Waals surface area contributed by atoms with Crippen LogP contribution >= 0.6 is 24.8 Å². The maximum atomic E-state index is 13.2. The van der Waals surface area contributed by atoms with Gasteiger partial charge in [0.25, 0.3) is 0 Å². The lowest BCUT2D eigenvalue weighted by Gasteiger charge is -2.36. The molecule has 1 aliphatic carbocycles. The molecule has 7 heteroatoms. The van der Waals surface area contributed by atoms with Crippen LogP contribution in [0.1, 0.15) is 38.2 Å². The predicted octanol–water partition coefficient (Wildman–Crippen LogP) is 3.10. The Bertz CT molecular complexity index is 570. The van der Waals surface area contributed by atoms with E-state index in [0.717, 1.165) is 52.1 Å². The van der Waals surface area contributed by atoms with Gasteiger partial charge in [-0.25, -0.2) is 0 Å². The first-order valence-corrected chi connectivity index (χ1v) is 10.0. The van der Waals surface area contributed by atoms with E-state index in [4.69, 9.17) is 10.5 Å². The number of nitrogens with two attached hydrogens (primary N) is 1. The average molecular weight is 432 g/mol. The predicted molar refractivity (Wildman–Crippen MR) is 118 cm³/mol. The van der Waals surface area contributed by atoms with E-state index in [1.54, 1.807) is 0 Å². The number of carbonyl (C=O) groups excluding carboxylic acids is 1. The van der Waals surface area contributed by atoms with E-state index in [2.05, 4.69) is 28.9 Å². The fourth-order valence-electron chi connectivity index (χ4n) is 4.19. The van der Waals surface area contributed by atoms with Gasteiger partial charge in [-0.3, -0.25) is 9.69 Å². The molecule has 1 heterocycles. The molecule has 3 atom stereocenters. The second-order valence-electron chi connectivity index (χ2n) is 7.83. The number of rotatable bonds is 7. The van der Waals surface area contributed by atoms with Crippen molar-refractivity contribution in [1.29, 1.82) is 0 Å². The Kier molecular flexibility index (Phi) is 11.4. The molecule has 2 fully saturated rings. The summed E-state index contributed by atoms with van der Waals surface area (Å²) < 4.78 is 5.45. The van der Waals surface area contributed by atoms with Crippen molar-refractivity contribution in [2.45, 2.75) is 51.2 Å². The number of carbonyl (C=O) groups is 1. The maximum absolute atomic E-state index is 13.2. The SMILES string of the molecule is CC(CN1CCOCC1)N(Cc1ccccc1)C(=O)C[C@@H]1CCC[C@H]1N.Cl.Cl. The summed E-state index contributed by atoms with van der Waals surface area (Å²) in [4.78, 5) is 17.6. The van der Waals surface area contributed by atoms with Crippen LogP contribution in [-0.4, -0.2) is 60.6 Å². The van der Waals surface area contributed by atoms with Crippen LogP contribution in [0.5, 0.6) is 0 Å². The summed E-state index contributed by atoms with van der Waals surface area (Å²) in [6, 6.07) is 10.7. The van der Waals surface area contributed by atoms with Gasteiger partial charge in [-0.05, 0) is 31.2 Å². The fourth-order valence-corrected chi connectivity index (χ4v) is 4.19. The van der Waals surface area contributed by atoms with Crippen molar-refractivity contribution in [3.63, 3.8) is 0 Å². The number of morpholine rings is 1. The highest BCUT2D eigenvalue weighted by Gasteiger charge is 2.30. The molecule has 0 aromatic heterocycles. The van der Waals surface area contributed by atoms with Crippen LogP contribution < -0.4 is 5.73 Å². The Labute approximate surface area is 181 Å². The third-order valence-corrected chi connectivity index (χ3v) is 5.83. The van der Waals surface area contributed by atoms with Gasteiger partial charge in [0.05, 0.1) is 13.2 Å². The highest BCUT2D eigenvalue weighted by Crippen LogP contribution is 2.28. The molecule has 160 valence electrons. The van der Waals surface area contributed by atoms with E-state index in [0.29, 0.717) is 18.9 Å². The molecule has 1 aliphatic heterocycles. The first-order valence-electron chi connectivity index (χ1n) is 10.0. The van der Waals surface area contributed by atoms with Crippen molar-refractivity contribution in [3.8, 4) is 0 Å². The number of hydrogen-bond donors (Lipinski definition) is 1. The Hall–Kier alpha value is -0.850. The molecule has 1 aromatic carbocycles. The monoisotopic (exact) mass is 431 g/mol. The molecule has 1 saturated heterocycles. The minimum atomic E-state index is 0. The molecule has 1 amide bonds. The van der Waals surface area contributed by atoms with Gasteiger partial charge in [0.2, 0.25) is 5.91 Å². The van der Waals surface area contributed by atoms with E-state index in [-0.39, 0.29) is 42.8 Å². The van der Waals surface area contributed by atoms with Crippen LogP contribution in [0.4, 0.5) is 0 Å². The van der Waals surface area contributed by atoms with Gasteiger partial charge in [0.15, 0.2) is 0 Å². The summed E-state index contributed by atoms with van der Waals surface area (Å²) in [5.74, 6) is 0.591. The van der Waals surface area contributed by atoms with E-state index < -0.39 is 0 Å². The summed E-state index contributed by atoms with van der Waals surface area (Å²) in [5, 5.41) is 0. The largest absolute Gasteiger partial charge is 0.379 e. The molecule has 1 unspecified atom stereocenters. The van der Waals surface area contributed by atoms with Crippen molar-refractivity contribution in [3.05, 3.63) is 35.9 Å². The lowest BCUT2D eigenvalue weighted by molar-refractivity contribution is -0.135. The first-order chi connectivity index (χ1) is 12.6. The van der Waals surface area contributed by atoms with Crippen molar-refractivity contribution >= 4 is 30.7 Å². The van der Waals surface area contributed by atoms with Gasteiger partial charge in [-0.2, -0.15) is 0 Å². The average Bonchev–Trinajstić information content (AvgIpc) is 3.06. The van der Waals surface area contributed by atoms with Gasteiger partial charge >= 0.3 is 0 Å². The molecule has 0 spiro atoms. The first kappa shape index (κ1) is 25.2. The zero-order chi connectivity index (χ0) is 18.4. The second kappa shape index (κ2) is 12.7. The van der Waals surface area contributed by atoms with Crippen LogP contribution in [0.25, 0.3) is 0 Å². The minimum absolute atomic E-state index is 0. The van der Waals surface area contributed by atoms with Gasteiger partial charge in [0, 0.05) is 44.7 Å². The molecule has 1 aromatic rings. The smallest absolute Gasteiger partial charge is 0.223 e. The summed E-state index contributed by atoms with van der Waals surface area (Å²) in [7, 11) is 0. The summed E-state index contributed by atoms with van der Waals surface area (Å²) in [5.41, 5.74) is 7.40. The van der Waals surface area contributed by atoms with E-state index in [9.17, 15) is 4.79 Å². The van der Waals surface area contributed by atoms with Crippen molar-refractivity contribution in [2.24, 2.45) is 11.7 Å². The van der Waals surface area contributed by atoms with Gasteiger partial charge in [0.1, 0.15) is 0 Å². The second-order valence-corrected chi connectivity index (χ2v) is 7.83. The van der Waals surface area contributed by atoms with Crippen LogP contribution in [0.2, 0.25) is 0 Å². The standard InChI is InChI=1S/C21H33N3O2.2ClH/c1-17(15-23-10-12-26-13-11-23)24(16-18-6-3-2-4-7-18)21(25)14-19-8-5-9-20(19)22;;/h2-4,6-7,17,19-20H,5,8-16,22H2,1H3;2*1H/t17?,19-,20+;;/m0../s1. The molecule has 1 saturated carbocycles. The van der Waals surface area contributed by atoms with Gasteiger partial charge in [-0.1, -0.05) is 36.8 Å². The molecule has 2 N–H and O–H groups in total. The maximum Gasteiger partial charge on any atom is 0.223 e. The van der Waals surface area contributed by atoms with E-state index in [1.807, 2.05) is 18.2 Å². The highest BCUT2D eigenvalue weighted by molar-refractivity contribution is 5.85. The number of benzene rings is 1. The highest BCUT2D eigenvalue weighted by atomic mass is 35.5. The summed E-state index contributed by atoms with van der Waals surface area (Å²) >= 11 is 0. The van der Waals surface area contributed by atoms with E-state index >= 15 is 0 Å². The molecule has 28 heavy (non-hydrogen) atoms. The van der Waals surface area contributed by atoms with Crippen molar-refractivity contribution in [1.82, 2.24) is 9.80 Å². The summed E-state index contributed by atoms with van der Waals surface area (Å²) in [6.07, 6.45) is 3.88. The Morgan fingerprint density at radius 3 is 2.50 bits per heavy atom. The molecular formula is C21H35Cl2N3O2. The number of amides is 1. The summed E-state index contributed by atoms with van der Waals surface area (Å²) in [6.45, 7) is 7.22. The number of ether oxygens (including phenoxy) is 1. The molecule has 5 nitrogen and oxygen atoms in total. The number of halogens is 2. The third-order valence-electron chi connectivity index (χ3n) is 5.83. The Balaban J connectivity index is 0.00000196. The lowest BCUT2D eigenvalue weighted by Crippen LogP contribution is -2.48. The Morgan fingerprint density at radius 2 is 1.89 bits per heavy atom. The molecular weight excluding hydrogens is 397 g/mol. The van der Waals surface area contributed by atoms with Crippen LogP contribution in [-0.2, 0) is 16.1 Å². The minimum Gasteiger partial charge on any atom is -0.379 e. The lowest BCUT2D eigenvalue weighted by atomic mass is 9.98. The zero-order valence-corrected chi connectivity index (χ0v) is 18.4. The topological polar surface area (TPSA) is 58.8 Å². The number of hydrogen-bond acceptors (Lipinski definition) is 4.